The molecule has 1 rings (SSSR count). The van der Waals surface area contributed by atoms with Crippen LogP contribution < -0.4 is 5.73 Å². The minimum Gasteiger partial charge on any atom is -0.481 e. The number of nitrogens with zero attached hydrogens (tertiary/aromatic N) is 1. The molecule has 1 aromatic heterocycles. The number of rotatable bonds is 5. The first-order valence-corrected chi connectivity index (χ1v) is 5.00. The smallest absolute Gasteiger partial charge is 0.305 e. The molecule has 0 aliphatic rings. The van der Waals surface area contributed by atoms with Crippen molar-refractivity contribution in [2.45, 2.75) is 32.7 Å². The fourth-order valence-electron chi connectivity index (χ4n) is 1.39. The monoisotopic (exact) mass is 211 g/mol. The van der Waals surface area contributed by atoms with Gasteiger partial charge in [-0.1, -0.05) is 13.8 Å². The van der Waals surface area contributed by atoms with Crippen molar-refractivity contribution >= 4 is 5.97 Å². The molecule has 1 heterocycles. The van der Waals surface area contributed by atoms with E-state index in [1.165, 1.54) is 0 Å². The zero-order chi connectivity index (χ0) is 11.4. The quantitative estimate of drug-likeness (QED) is 0.679. The number of hydrogen-bond acceptors (Lipinski definition) is 3. The number of carboxylic acid groups (broad SMARTS) is 1. The van der Waals surface area contributed by atoms with Crippen LogP contribution in [-0.4, -0.2) is 21.0 Å². The van der Waals surface area contributed by atoms with E-state index in [0.29, 0.717) is 11.7 Å². The first-order chi connectivity index (χ1) is 6.99. The average Bonchev–Trinajstić information content (AvgIpc) is 2.50. The number of carboxylic acids is 1. The van der Waals surface area contributed by atoms with Gasteiger partial charge < -0.3 is 15.8 Å². The Hall–Kier alpha value is -1.36. The van der Waals surface area contributed by atoms with Crippen molar-refractivity contribution in [2.75, 3.05) is 0 Å². The van der Waals surface area contributed by atoms with E-state index >= 15 is 0 Å². The Morgan fingerprint density at radius 3 is 2.87 bits per heavy atom. The molecule has 1 unspecified atom stereocenters. The number of nitrogens with one attached hydrogen (secondary N) is 1. The predicted molar refractivity (Wildman–Crippen MR) is 56.3 cm³/mol. The lowest BCUT2D eigenvalue weighted by Crippen LogP contribution is -2.16. The van der Waals surface area contributed by atoms with Gasteiger partial charge in [-0.25, -0.2) is 4.98 Å². The van der Waals surface area contributed by atoms with Crippen LogP contribution in [0.4, 0.5) is 0 Å². The molecule has 1 atom stereocenters. The van der Waals surface area contributed by atoms with Crippen LogP contribution >= 0.6 is 0 Å². The number of carbonyl (C=O) groups is 1. The molecule has 0 spiro atoms. The van der Waals surface area contributed by atoms with Crippen molar-refractivity contribution in [1.82, 2.24) is 9.97 Å². The van der Waals surface area contributed by atoms with Gasteiger partial charge in [-0.2, -0.15) is 0 Å². The lowest BCUT2D eigenvalue weighted by molar-refractivity contribution is -0.137. The van der Waals surface area contributed by atoms with Gasteiger partial charge >= 0.3 is 5.97 Å². The molecular formula is C10H17N3O2. The average molecular weight is 211 g/mol. The third-order valence-corrected chi connectivity index (χ3v) is 2.02. The van der Waals surface area contributed by atoms with E-state index in [1.54, 1.807) is 6.20 Å². The summed E-state index contributed by atoms with van der Waals surface area (Å²) in [6, 6.07) is -0.552. The summed E-state index contributed by atoms with van der Waals surface area (Å²) in [6.07, 6.45) is 2.51. The van der Waals surface area contributed by atoms with Crippen LogP contribution in [-0.2, 0) is 11.2 Å². The normalized spacial score (nSPS) is 13.1. The Morgan fingerprint density at radius 1 is 1.67 bits per heavy atom. The number of aromatic amines is 1. The van der Waals surface area contributed by atoms with Crippen molar-refractivity contribution in [2.24, 2.45) is 11.7 Å². The van der Waals surface area contributed by atoms with Crippen LogP contribution in [0.5, 0.6) is 0 Å². The molecule has 0 aromatic carbocycles. The second-order valence-electron chi connectivity index (χ2n) is 4.10. The van der Waals surface area contributed by atoms with Crippen LogP contribution in [0, 0.1) is 5.92 Å². The first kappa shape index (κ1) is 11.7. The highest BCUT2D eigenvalue weighted by atomic mass is 16.4. The Balaban J connectivity index is 2.62. The van der Waals surface area contributed by atoms with Crippen LogP contribution in [0.25, 0.3) is 0 Å². The van der Waals surface area contributed by atoms with Crippen molar-refractivity contribution in [3.8, 4) is 0 Å². The van der Waals surface area contributed by atoms with Crippen LogP contribution in [0.2, 0.25) is 0 Å². The van der Waals surface area contributed by atoms with Gasteiger partial charge in [-0.05, 0) is 12.3 Å². The second kappa shape index (κ2) is 4.93. The molecule has 0 amide bonds. The molecule has 0 saturated carbocycles. The van der Waals surface area contributed by atoms with Crippen molar-refractivity contribution in [3.05, 3.63) is 17.7 Å². The third-order valence-electron chi connectivity index (χ3n) is 2.02. The van der Waals surface area contributed by atoms with Crippen LogP contribution in [0.15, 0.2) is 6.20 Å². The van der Waals surface area contributed by atoms with E-state index in [2.05, 4.69) is 23.8 Å². The molecule has 0 aliphatic heterocycles. The highest BCUT2D eigenvalue weighted by Crippen LogP contribution is 2.12. The Morgan fingerprint density at radius 2 is 2.33 bits per heavy atom. The molecule has 15 heavy (non-hydrogen) atoms. The van der Waals surface area contributed by atoms with Gasteiger partial charge in [-0.15, -0.1) is 0 Å². The summed E-state index contributed by atoms with van der Waals surface area (Å²) < 4.78 is 0. The largest absolute Gasteiger partial charge is 0.481 e. The topological polar surface area (TPSA) is 92.0 Å². The second-order valence-corrected chi connectivity index (χ2v) is 4.10. The number of aromatic nitrogens is 2. The molecular weight excluding hydrogens is 194 g/mol. The fraction of sp³-hybridized carbons (Fsp3) is 0.600. The summed E-state index contributed by atoms with van der Waals surface area (Å²) in [5.41, 5.74) is 6.67. The summed E-state index contributed by atoms with van der Waals surface area (Å²) in [6.45, 7) is 4.22. The summed E-state index contributed by atoms with van der Waals surface area (Å²) in [4.78, 5) is 17.6. The SMILES string of the molecule is CC(C)Cc1cnc(C(N)CC(=O)O)[nH]1. The maximum absolute atomic E-state index is 10.4. The third kappa shape index (κ3) is 3.71. The lowest BCUT2D eigenvalue weighted by Gasteiger charge is -2.05. The molecule has 1 aromatic rings. The standard InChI is InChI=1S/C10H17N3O2/c1-6(2)3-7-5-12-10(13-7)8(11)4-9(14)15/h5-6,8H,3-4,11H2,1-2H3,(H,12,13)(H,14,15). The molecule has 0 radical (unpaired) electrons. The summed E-state index contributed by atoms with van der Waals surface area (Å²) in [7, 11) is 0. The number of nitrogens with two attached hydrogens (primary N) is 1. The summed E-state index contributed by atoms with van der Waals surface area (Å²) >= 11 is 0. The number of hydrogen-bond donors (Lipinski definition) is 3. The molecule has 5 heteroatoms. The Labute approximate surface area is 88.7 Å². The number of H-pyrrole nitrogens is 1. The van der Waals surface area contributed by atoms with E-state index < -0.39 is 12.0 Å². The van der Waals surface area contributed by atoms with E-state index in [-0.39, 0.29) is 6.42 Å². The van der Waals surface area contributed by atoms with Gasteiger partial charge in [0.1, 0.15) is 5.82 Å². The van der Waals surface area contributed by atoms with Gasteiger partial charge in [0.2, 0.25) is 0 Å². The zero-order valence-corrected chi connectivity index (χ0v) is 9.03. The number of aliphatic carboxylic acids is 1. The Kier molecular flexibility index (Phi) is 3.85. The lowest BCUT2D eigenvalue weighted by atomic mass is 10.1. The van der Waals surface area contributed by atoms with Crippen molar-refractivity contribution in [1.29, 1.82) is 0 Å². The number of imidazole rings is 1. The highest BCUT2D eigenvalue weighted by molar-refractivity contribution is 5.67. The van der Waals surface area contributed by atoms with Gasteiger partial charge in [0.25, 0.3) is 0 Å². The van der Waals surface area contributed by atoms with E-state index in [4.69, 9.17) is 10.8 Å². The Bertz CT molecular complexity index is 333. The molecule has 0 aliphatic carbocycles. The van der Waals surface area contributed by atoms with Crippen molar-refractivity contribution < 1.29 is 9.90 Å². The summed E-state index contributed by atoms with van der Waals surface area (Å²) in [5.74, 6) is 0.173. The minimum absolute atomic E-state index is 0.103. The van der Waals surface area contributed by atoms with E-state index in [0.717, 1.165) is 12.1 Å². The van der Waals surface area contributed by atoms with Crippen LogP contribution in [0.3, 0.4) is 0 Å². The van der Waals surface area contributed by atoms with Gasteiger partial charge in [0.15, 0.2) is 0 Å². The maximum atomic E-state index is 10.4. The highest BCUT2D eigenvalue weighted by Gasteiger charge is 2.14. The van der Waals surface area contributed by atoms with E-state index in [9.17, 15) is 4.79 Å². The predicted octanol–water partition coefficient (Wildman–Crippen LogP) is 1.08. The van der Waals surface area contributed by atoms with Crippen molar-refractivity contribution in [3.63, 3.8) is 0 Å². The molecule has 4 N–H and O–H groups in total. The molecule has 0 fully saturated rings. The van der Waals surface area contributed by atoms with Gasteiger partial charge in [-0.3, -0.25) is 4.79 Å². The minimum atomic E-state index is -0.913. The molecule has 84 valence electrons. The van der Waals surface area contributed by atoms with E-state index in [1.807, 2.05) is 0 Å². The fourth-order valence-corrected chi connectivity index (χ4v) is 1.39. The van der Waals surface area contributed by atoms with Crippen LogP contribution in [0.1, 0.15) is 37.8 Å². The molecule has 0 saturated heterocycles. The summed E-state index contributed by atoms with van der Waals surface area (Å²) in [5, 5.41) is 8.58. The molecule has 0 bridgehead atoms. The maximum Gasteiger partial charge on any atom is 0.305 e. The first-order valence-electron chi connectivity index (χ1n) is 5.00. The van der Waals surface area contributed by atoms with Gasteiger partial charge in [0.05, 0.1) is 12.5 Å². The van der Waals surface area contributed by atoms with Gasteiger partial charge in [0, 0.05) is 11.9 Å². The molecule has 5 nitrogen and oxygen atoms in total. The zero-order valence-electron chi connectivity index (χ0n) is 9.03.